The maximum Gasteiger partial charge on any atom is 0.329 e. The quantitative estimate of drug-likeness (QED) is 0.379. The van der Waals surface area contributed by atoms with Crippen molar-refractivity contribution in [3.63, 3.8) is 0 Å². The minimum Gasteiger partial charge on any atom is -0.333 e. The lowest BCUT2D eigenvalue weighted by Gasteiger charge is -2.05. The fourth-order valence-electron chi connectivity index (χ4n) is 1.19. The smallest absolute Gasteiger partial charge is 0.329 e. The third-order valence-corrected chi connectivity index (χ3v) is 1.98. The van der Waals surface area contributed by atoms with Crippen molar-refractivity contribution in [3.8, 4) is 0 Å². The van der Waals surface area contributed by atoms with Gasteiger partial charge < -0.3 is 5.32 Å². The highest BCUT2D eigenvalue weighted by molar-refractivity contribution is 5.72. The van der Waals surface area contributed by atoms with Crippen molar-refractivity contribution in [2.45, 2.75) is 19.9 Å². The summed E-state index contributed by atoms with van der Waals surface area (Å²) in [7, 11) is 0. The van der Waals surface area contributed by atoms with Crippen molar-refractivity contribution >= 4 is 6.03 Å². The molecule has 0 aromatic heterocycles. The third-order valence-electron chi connectivity index (χ3n) is 1.98. The molecule has 0 aliphatic rings. The summed E-state index contributed by atoms with van der Waals surface area (Å²) in [5.74, 6) is 4.93. The topological polar surface area (TPSA) is 67.2 Å². The van der Waals surface area contributed by atoms with Crippen LogP contribution in [0, 0.1) is 0 Å². The van der Waals surface area contributed by atoms with Gasteiger partial charge in [-0.05, 0) is 17.5 Å². The van der Waals surface area contributed by atoms with Crippen LogP contribution in [0.2, 0.25) is 0 Å². The van der Waals surface area contributed by atoms with Crippen molar-refractivity contribution in [1.82, 2.24) is 10.7 Å². The molecule has 0 saturated heterocycles. The maximum atomic E-state index is 10.8. The maximum absolute atomic E-state index is 10.8. The molecule has 0 radical (unpaired) electrons. The zero-order chi connectivity index (χ0) is 10.4. The largest absolute Gasteiger partial charge is 0.333 e. The van der Waals surface area contributed by atoms with Gasteiger partial charge in [0.2, 0.25) is 0 Å². The minimum atomic E-state index is -0.369. The number of amides is 2. The SMILES string of the molecule is CCc1cccc(CNC(=O)NN)c1. The van der Waals surface area contributed by atoms with Crippen LogP contribution in [0.3, 0.4) is 0 Å². The lowest BCUT2D eigenvalue weighted by Crippen LogP contribution is -2.39. The molecular weight excluding hydrogens is 178 g/mol. The third kappa shape index (κ3) is 3.06. The highest BCUT2D eigenvalue weighted by Crippen LogP contribution is 2.05. The number of hydrogen-bond donors (Lipinski definition) is 3. The summed E-state index contributed by atoms with van der Waals surface area (Å²) in [6.07, 6.45) is 0.997. The van der Waals surface area contributed by atoms with E-state index >= 15 is 0 Å². The van der Waals surface area contributed by atoms with Gasteiger partial charge >= 0.3 is 6.03 Å². The summed E-state index contributed by atoms with van der Waals surface area (Å²) in [5.41, 5.74) is 4.35. The van der Waals surface area contributed by atoms with Crippen LogP contribution in [-0.4, -0.2) is 6.03 Å². The van der Waals surface area contributed by atoms with Crippen LogP contribution in [0.25, 0.3) is 0 Å². The van der Waals surface area contributed by atoms with Gasteiger partial charge in [-0.1, -0.05) is 31.2 Å². The Morgan fingerprint density at radius 2 is 2.14 bits per heavy atom. The predicted molar refractivity (Wildman–Crippen MR) is 55.4 cm³/mol. The van der Waals surface area contributed by atoms with Gasteiger partial charge in [-0.25, -0.2) is 10.6 Å². The van der Waals surface area contributed by atoms with E-state index < -0.39 is 0 Å². The van der Waals surface area contributed by atoms with Gasteiger partial charge in [0.1, 0.15) is 0 Å². The Bertz CT molecular complexity index is 312. The molecule has 4 heteroatoms. The molecule has 1 aromatic rings. The van der Waals surface area contributed by atoms with Crippen molar-refractivity contribution < 1.29 is 4.79 Å². The molecule has 0 atom stereocenters. The van der Waals surface area contributed by atoms with Crippen molar-refractivity contribution in [1.29, 1.82) is 0 Å². The average Bonchev–Trinajstić information content (AvgIpc) is 2.26. The minimum absolute atomic E-state index is 0.369. The van der Waals surface area contributed by atoms with Crippen LogP contribution in [-0.2, 0) is 13.0 Å². The number of benzene rings is 1. The van der Waals surface area contributed by atoms with Crippen molar-refractivity contribution in [3.05, 3.63) is 35.4 Å². The number of carbonyl (C=O) groups is 1. The van der Waals surface area contributed by atoms with E-state index in [1.54, 1.807) is 0 Å². The molecule has 2 amide bonds. The highest BCUT2D eigenvalue weighted by Gasteiger charge is 1.97. The Labute approximate surface area is 83.5 Å². The first-order valence-corrected chi connectivity index (χ1v) is 4.58. The van der Waals surface area contributed by atoms with E-state index in [1.807, 2.05) is 17.6 Å². The monoisotopic (exact) mass is 193 g/mol. The van der Waals surface area contributed by atoms with E-state index in [4.69, 9.17) is 5.84 Å². The van der Waals surface area contributed by atoms with Crippen molar-refractivity contribution in [2.24, 2.45) is 5.84 Å². The van der Waals surface area contributed by atoms with E-state index in [0.29, 0.717) is 6.54 Å². The number of hydrazine groups is 1. The second-order valence-corrected chi connectivity index (χ2v) is 3.00. The molecule has 1 aromatic carbocycles. The molecule has 4 N–H and O–H groups in total. The second-order valence-electron chi connectivity index (χ2n) is 3.00. The molecule has 0 aliphatic heterocycles. The zero-order valence-electron chi connectivity index (χ0n) is 8.21. The fraction of sp³-hybridized carbons (Fsp3) is 0.300. The van der Waals surface area contributed by atoms with Gasteiger partial charge in [0.15, 0.2) is 0 Å². The molecular formula is C10H15N3O. The Morgan fingerprint density at radius 1 is 1.43 bits per heavy atom. The molecule has 14 heavy (non-hydrogen) atoms. The summed E-state index contributed by atoms with van der Waals surface area (Å²) >= 11 is 0. The predicted octanol–water partition coefficient (Wildman–Crippen LogP) is 0.922. The molecule has 0 fully saturated rings. The molecule has 0 heterocycles. The van der Waals surface area contributed by atoms with E-state index in [-0.39, 0.29) is 6.03 Å². The number of nitrogens with two attached hydrogens (primary N) is 1. The van der Waals surface area contributed by atoms with Gasteiger partial charge in [-0.15, -0.1) is 0 Å². The van der Waals surface area contributed by atoms with Gasteiger partial charge in [-0.3, -0.25) is 5.43 Å². The normalized spacial score (nSPS) is 9.57. The number of urea groups is 1. The molecule has 76 valence electrons. The summed E-state index contributed by atoms with van der Waals surface area (Å²) in [6.45, 7) is 2.59. The van der Waals surface area contributed by atoms with Crippen LogP contribution in [0.1, 0.15) is 18.1 Å². The number of aryl methyl sites for hydroxylation is 1. The Morgan fingerprint density at radius 3 is 2.79 bits per heavy atom. The van der Waals surface area contributed by atoms with E-state index in [1.165, 1.54) is 5.56 Å². The molecule has 0 aliphatic carbocycles. The summed E-state index contributed by atoms with van der Waals surface area (Å²) in [4.78, 5) is 10.8. The Balaban J connectivity index is 2.54. The average molecular weight is 193 g/mol. The van der Waals surface area contributed by atoms with Gasteiger partial charge in [0.25, 0.3) is 0 Å². The standard InChI is InChI=1S/C10H15N3O/c1-2-8-4-3-5-9(6-8)7-12-10(14)13-11/h3-6H,2,7,11H2,1H3,(H2,12,13,14). The molecule has 1 rings (SSSR count). The number of hydrogen-bond acceptors (Lipinski definition) is 2. The molecule has 0 unspecified atom stereocenters. The first-order chi connectivity index (χ1) is 6.76. The fourth-order valence-corrected chi connectivity index (χ4v) is 1.19. The molecule has 0 spiro atoms. The first-order valence-electron chi connectivity index (χ1n) is 4.58. The highest BCUT2D eigenvalue weighted by atomic mass is 16.2. The van der Waals surface area contributed by atoms with Gasteiger partial charge in [0.05, 0.1) is 0 Å². The molecule has 4 nitrogen and oxygen atoms in total. The second kappa shape index (κ2) is 5.24. The van der Waals surface area contributed by atoms with Crippen LogP contribution in [0.4, 0.5) is 4.79 Å². The van der Waals surface area contributed by atoms with E-state index in [9.17, 15) is 4.79 Å². The van der Waals surface area contributed by atoms with Gasteiger partial charge in [0, 0.05) is 6.54 Å². The summed E-state index contributed by atoms with van der Waals surface area (Å²) < 4.78 is 0. The van der Waals surface area contributed by atoms with Crippen molar-refractivity contribution in [2.75, 3.05) is 0 Å². The Hall–Kier alpha value is -1.55. The summed E-state index contributed by atoms with van der Waals surface area (Å²) in [6, 6.07) is 7.71. The number of carbonyl (C=O) groups excluding carboxylic acids is 1. The van der Waals surface area contributed by atoms with Gasteiger partial charge in [-0.2, -0.15) is 0 Å². The van der Waals surface area contributed by atoms with Crippen LogP contribution in [0.5, 0.6) is 0 Å². The van der Waals surface area contributed by atoms with E-state index in [0.717, 1.165) is 12.0 Å². The van der Waals surface area contributed by atoms with E-state index in [2.05, 4.69) is 24.4 Å². The number of rotatable bonds is 3. The summed E-state index contributed by atoms with van der Waals surface area (Å²) in [5, 5.41) is 2.62. The lowest BCUT2D eigenvalue weighted by molar-refractivity contribution is 0.241. The van der Waals surface area contributed by atoms with Crippen LogP contribution >= 0.6 is 0 Å². The van der Waals surface area contributed by atoms with Crippen LogP contribution < -0.4 is 16.6 Å². The molecule has 0 saturated carbocycles. The van der Waals surface area contributed by atoms with Crippen LogP contribution in [0.15, 0.2) is 24.3 Å². The first kappa shape index (κ1) is 10.5. The number of nitrogens with one attached hydrogen (secondary N) is 2. The Kier molecular flexibility index (Phi) is 3.94. The zero-order valence-corrected chi connectivity index (χ0v) is 8.21. The molecule has 0 bridgehead atoms. The lowest BCUT2D eigenvalue weighted by atomic mass is 10.1.